The Hall–Kier alpha value is -0.0800. The van der Waals surface area contributed by atoms with Crippen molar-refractivity contribution in [2.24, 2.45) is 5.41 Å². The average Bonchev–Trinajstić information content (AvgIpc) is 2.30. The molecule has 0 saturated carbocycles. The van der Waals surface area contributed by atoms with Crippen LogP contribution in [-0.4, -0.2) is 24.9 Å². The van der Waals surface area contributed by atoms with Gasteiger partial charge in [0, 0.05) is 19.8 Å². The lowest BCUT2D eigenvalue weighted by Gasteiger charge is -2.35. The van der Waals surface area contributed by atoms with Gasteiger partial charge >= 0.3 is 0 Å². The van der Waals surface area contributed by atoms with Gasteiger partial charge in [-0.25, -0.2) is 0 Å². The smallest absolute Gasteiger partial charge is 0.0489 e. The molecule has 0 aliphatic carbocycles. The van der Waals surface area contributed by atoms with Gasteiger partial charge in [0.05, 0.1) is 0 Å². The Bertz CT molecular complexity index is 151. The van der Waals surface area contributed by atoms with E-state index in [4.69, 9.17) is 4.74 Å². The summed E-state index contributed by atoms with van der Waals surface area (Å²) in [6.07, 6.45) is 9.92. The molecule has 1 aliphatic heterocycles. The van der Waals surface area contributed by atoms with Gasteiger partial charge in [-0.1, -0.05) is 39.0 Å². The minimum absolute atomic E-state index is 0.199. The molecule has 15 heavy (non-hydrogen) atoms. The molecule has 1 N–H and O–H groups in total. The van der Waals surface area contributed by atoms with Gasteiger partial charge in [0.25, 0.3) is 0 Å². The van der Waals surface area contributed by atoms with Gasteiger partial charge in [-0.05, 0) is 24.7 Å². The maximum atomic E-state index is 9.49. The Kier molecular flexibility index (Phi) is 6.26. The molecule has 0 amide bonds. The lowest BCUT2D eigenvalue weighted by Crippen LogP contribution is -2.32. The number of hydrogen-bond acceptors (Lipinski definition) is 2. The number of ether oxygens (including phenoxy) is 1. The third kappa shape index (κ3) is 4.52. The minimum atomic E-state index is 0.199. The highest BCUT2D eigenvalue weighted by Crippen LogP contribution is 2.35. The highest BCUT2D eigenvalue weighted by molar-refractivity contribution is 4.81. The molecule has 1 aliphatic rings. The van der Waals surface area contributed by atoms with Gasteiger partial charge in [-0.2, -0.15) is 0 Å². The minimum Gasteiger partial charge on any atom is -0.396 e. The summed E-state index contributed by atoms with van der Waals surface area (Å²) in [5, 5.41) is 9.49. The predicted octanol–water partition coefficient (Wildman–Crippen LogP) is 3.14. The van der Waals surface area contributed by atoms with Crippen molar-refractivity contribution >= 4 is 0 Å². The van der Waals surface area contributed by atoms with E-state index >= 15 is 0 Å². The fourth-order valence-corrected chi connectivity index (χ4v) is 2.40. The molecular formula is C13H26O2. The Morgan fingerprint density at radius 1 is 1.07 bits per heavy atom. The Labute approximate surface area is 94.0 Å². The second-order valence-corrected chi connectivity index (χ2v) is 4.93. The summed E-state index contributed by atoms with van der Waals surface area (Å²) in [5.41, 5.74) is 0.199. The van der Waals surface area contributed by atoms with Crippen molar-refractivity contribution in [3.63, 3.8) is 0 Å². The molecule has 0 atom stereocenters. The van der Waals surface area contributed by atoms with Crippen molar-refractivity contribution in [3.8, 4) is 0 Å². The van der Waals surface area contributed by atoms with Crippen LogP contribution in [0, 0.1) is 5.41 Å². The first-order valence-electron chi connectivity index (χ1n) is 6.51. The van der Waals surface area contributed by atoms with Gasteiger partial charge < -0.3 is 9.84 Å². The van der Waals surface area contributed by atoms with Gasteiger partial charge in [-0.15, -0.1) is 0 Å². The summed E-state index contributed by atoms with van der Waals surface area (Å²) in [5.74, 6) is 0. The normalized spacial score (nSPS) is 20.4. The molecule has 0 unspecified atom stereocenters. The van der Waals surface area contributed by atoms with Crippen LogP contribution in [0.2, 0.25) is 0 Å². The maximum Gasteiger partial charge on any atom is 0.0489 e. The van der Waals surface area contributed by atoms with Crippen LogP contribution >= 0.6 is 0 Å². The molecule has 0 aromatic heterocycles. The largest absolute Gasteiger partial charge is 0.396 e. The first-order chi connectivity index (χ1) is 7.33. The van der Waals surface area contributed by atoms with Crippen LogP contribution in [0.25, 0.3) is 0 Å². The van der Waals surface area contributed by atoms with E-state index in [0.717, 1.165) is 26.1 Å². The molecule has 1 rings (SSSR count). The summed E-state index contributed by atoms with van der Waals surface area (Å²) in [6.45, 7) is 4.28. The SMILES string of the molecule is CCCCCCCC1(CO)CCOCC1. The Balaban J connectivity index is 2.15. The second-order valence-electron chi connectivity index (χ2n) is 4.93. The molecule has 0 aromatic carbocycles. The standard InChI is InChI=1S/C13H26O2/c1-2-3-4-5-6-7-13(12-14)8-10-15-11-9-13/h14H,2-12H2,1H3. The molecule has 1 fully saturated rings. The lowest BCUT2D eigenvalue weighted by molar-refractivity contribution is -0.0218. The summed E-state index contributed by atoms with van der Waals surface area (Å²) in [6, 6.07) is 0. The monoisotopic (exact) mass is 214 g/mol. The van der Waals surface area contributed by atoms with Crippen LogP contribution in [0.3, 0.4) is 0 Å². The van der Waals surface area contributed by atoms with E-state index in [1.165, 1.54) is 38.5 Å². The highest BCUT2D eigenvalue weighted by Gasteiger charge is 2.30. The quantitative estimate of drug-likeness (QED) is 0.660. The van der Waals surface area contributed by atoms with Crippen molar-refractivity contribution in [2.45, 2.75) is 58.3 Å². The van der Waals surface area contributed by atoms with Crippen LogP contribution in [-0.2, 0) is 4.74 Å². The van der Waals surface area contributed by atoms with E-state index in [1.54, 1.807) is 0 Å². The number of aliphatic hydroxyl groups excluding tert-OH is 1. The average molecular weight is 214 g/mol. The van der Waals surface area contributed by atoms with Crippen molar-refractivity contribution in [3.05, 3.63) is 0 Å². The van der Waals surface area contributed by atoms with E-state index in [1.807, 2.05) is 0 Å². The second kappa shape index (κ2) is 7.24. The highest BCUT2D eigenvalue weighted by atomic mass is 16.5. The predicted molar refractivity (Wildman–Crippen MR) is 62.9 cm³/mol. The number of unbranched alkanes of at least 4 members (excludes halogenated alkanes) is 4. The molecule has 0 radical (unpaired) electrons. The maximum absolute atomic E-state index is 9.49. The molecule has 0 spiro atoms. The van der Waals surface area contributed by atoms with E-state index in [0.29, 0.717) is 6.61 Å². The molecule has 1 saturated heterocycles. The van der Waals surface area contributed by atoms with Crippen LogP contribution in [0.4, 0.5) is 0 Å². The van der Waals surface area contributed by atoms with Crippen LogP contribution in [0.1, 0.15) is 58.3 Å². The van der Waals surface area contributed by atoms with Gasteiger partial charge in [0.2, 0.25) is 0 Å². The van der Waals surface area contributed by atoms with E-state index < -0.39 is 0 Å². The Morgan fingerprint density at radius 3 is 2.33 bits per heavy atom. The van der Waals surface area contributed by atoms with Crippen LogP contribution < -0.4 is 0 Å². The number of hydrogen-bond donors (Lipinski definition) is 1. The molecule has 2 nitrogen and oxygen atoms in total. The van der Waals surface area contributed by atoms with Gasteiger partial charge in [0.15, 0.2) is 0 Å². The summed E-state index contributed by atoms with van der Waals surface area (Å²) < 4.78 is 5.36. The molecular weight excluding hydrogens is 188 g/mol. The van der Waals surface area contributed by atoms with Gasteiger partial charge in [0.1, 0.15) is 0 Å². The molecule has 2 heteroatoms. The summed E-state index contributed by atoms with van der Waals surface area (Å²) in [4.78, 5) is 0. The molecule has 90 valence electrons. The summed E-state index contributed by atoms with van der Waals surface area (Å²) >= 11 is 0. The van der Waals surface area contributed by atoms with Crippen molar-refractivity contribution in [1.82, 2.24) is 0 Å². The summed E-state index contributed by atoms with van der Waals surface area (Å²) in [7, 11) is 0. The fourth-order valence-electron chi connectivity index (χ4n) is 2.40. The third-order valence-corrected chi connectivity index (χ3v) is 3.70. The molecule has 0 aromatic rings. The van der Waals surface area contributed by atoms with Crippen LogP contribution in [0.5, 0.6) is 0 Å². The molecule has 1 heterocycles. The fraction of sp³-hybridized carbons (Fsp3) is 1.00. The third-order valence-electron chi connectivity index (χ3n) is 3.70. The van der Waals surface area contributed by atoms with Crippen molar-refractivity contribution < 1.29 is 9.84 Å². The van der Waals surface area contributed by atoms with E-state index in [9.17, 15) is 5.11 Å². The first-order valence-corrected chi connectivity index (χ1v) is 6.51. The zero-order valence-corrected chi connectivity index (χ0v) is 10.1. The van der Waals surface area contributed by atoms with Gasteiger partial charge in [-0.3, -0.25) is 0 Å². The van der Waals surface area contributed by atoms with Crippen LogP contribution in [0.15, 0.2) is 0 Å². The molecule has 0 bridgehead atoms. The van der Waals surface area contributed by atoms with Crippen molar-refractivity contribution in [1.29, 1.82) is 0 Å². The van der Waals surface area contributed by atoms with E-state index in [2.05, 4.69) is 6.92 Å². The zero-order valence-electron chi connectivity index (χ0n) is 10.1. The first kappa shape index (κ1) is 13.0. The Morgan fingerprint density at radius 2 is 1.73 bits per heavy atom. The number of aliphatic hydroxyl groups is 1. The van der Waals surface area contributed by atoms with Crippen molar-refractivity contribution in [2.75, 3.05) is 19.8 Å². The number of rotatable bonds is 7. The topological polar surface area (TPSA) is 29.5 Å². The zero-order chi connectivity index (χ0) is 11.0. The van der Waals surface area contributed by atoms with E-state index in [-0.39, 0.29) is 5.41 Å². The lowest BCUT2D eigenvalue weighted by atomic mass is 9.77.